The molecule has 0 bridgehead atoms. The number of thioether (sulfide) groups is 1. The molecule has 3 rings (SSSR count). The van der Waals surface area contributed by atoms with Gasteiger partial charge in [0.1, 0.15) is 11.1 Å². The van der Waals surface area contributed by atoms with E-state index in [1.165, 1.54) is 6.07 Å². The molecule has 0 saturated heterocycles. The average Bonchev–Trinajstić information content (AvgIpc) is 2.77. The number of aryl methyl sites for hydroxylation is 1. The van der Waals surface area contributed by atoms with Crippen LogP contribution in [0.1, 0.15) is 25.8 Å². The summed E-state index contributed by atoms with van der Waals surface area (Å²) < 4.78 is 10.9. The summed E-state index contributed by atoms with van der Waals surface area (Å²) in [5, 5.41) is 1.56. The van der Waals surface area contributed by atoms with Crippen molar-refractivity contribution in [3.05, 3.63) is 34.2 Å². The molecule has 0 spiro atoms. The first-order chi connectivity index (χ1) is 10.0. The number of fused-ring (bicyclic) bond motifs is 2. The lowest BCUT2D eigenvalue weighted by molar-refractivity contribution is 0.487. The number of oxazole rings is 1. The Morgan fingerprint density at radius 2 is 2.00 bits per heavy atom. The largest absolute Gasteiger partial charge is 0.431 e. The zero-order valence-electron chi connectivity index (χ0n) is 12.3. The SMILES string of the molecule is Cc1cc(=O)oc2cc3oc(SCCC(C)C)nc3cc12. The smallest absolute Gasteiger partial charge is 0.336 e. The Morgan fingerprint density at radius 3 is 2.76 bits per heavy atom. The third-order valence-corrected chi connectivity index (χ3v) is 4.22. The summed E-state index contributed by atoms with van der Waals surface area (Å²) in [5.41, 5.74) is 2.54. The summed E-state index contributed by atoms with van der Waals surface area (Å²) >= 11 is 1.62. The van der Waals surface area contributed by atoms with Crippen LogP contribution in [0, 0.1) is 12.8 Å². The molecule has 0 atom stereocenters. The van der Waals surface area contributed by atoms with Crippen LogP contribution in [0.2, 0.25) is 0 Å². The van der Waals surface area contributed by atoms with E-state index in [1.807, 2.05) is 13.0 Å². The first-order valence-corrected chi connectivity index (χ1v) is 7.99. The van der Waals surface area contributed by atoms with E-state index in [9.17, 15) is 4.79 Å². The zero-order valence-corrected chi connectivity index (χ0v) is 13.1. The van der Waals surface area contributed by atoms with Crippen molar-refractivity contribution in [2.45, 2.75) is 32.4 Å². The van der Waals surface area contributed by atoms with E-state index in [4.69, 9.17) is 8.83 Å². The first-order valence-electron chi connectivity index (χ1n) is 7.01. The standard InChI is InChI=1S/C16H17NO3S/c1-9(2)4-5-21-16-17-12-7-11-10(3)6-15(18)19-13(11)8-14(12)20-16/h6-9H,4-5H2,1-3H3. The Morgan fingerprint density at radius 1 is 1.19 bits per heavy atom. The highest BCUT2D eigenvalue weighted by Crippen LogP contribution is 2.28. The van der Waals surface area contributed by atoms with Gasteiger partial charge in [-0.05, 0) is 30.9 Å². The van der Waals surface area contributed by atoms with E-state index >= 15 is 0 Å². The molecule has 0 saturated carbocycles. The molecule has 1 aromatic carbocycles. The predicted octanol–water partition coefficient (Wildman–Crippen LogP) is 4.38. The molecule has 5 heteroatoms. The number of benzene rings is 1. The molecule has 0 unspecified atom stereocenters. The highest BCUT2D eigenvalue weighted by molar-refractivity contribution is 7.99. The highest BCUT2D eigenvalue weighted by Gasteiger charge is 2.11. The van der Waals surface area contributed by atoms with Gasteiger partial charge in [0.05, 0.1) is 0 Å². The van der Waals surface area contributed by atoms with Crippen molar-refractivity contribution in [3.63, 3.8) is 0 Å². The van der Waals surface area contributed by atoms with E-state index in [1.54, 1.807) is 17.8 Å². The van der Waals surface area contributed by atoms with Gasteiger partial charge >= 0.3 is 5.63 Å². The molecule has 0 aliphatic heterocycles. The van der Waals surface area contributed by atoms with Crippen LogP contribution >= 0.6 is 11.8 Å². The van der Waals surface area contributed by atoms with Crippen molar-refractivity contribution < 1.29 is 8.83 Å². The fraction of sp³-hybridized carbons (Fsp3) is 0.375. The Labute approximate surface area is 126 Å². The van der Waals surface area contributed by atoms with Gasteiger partial charge in [-0.15, -0.1) is 0 Å². The van der Waals surface area contributed by atoms with Gasteiger partial charge in [-0.2, -0.15) is 0 Å². The van der Waals surface area contributed by atoms with E-state index < -0.39 is 0 Å². The quantitative estimate of drug-likeness (QED) is 0.529. The summed E-state index contributed by atoms with van der Waals surface area (Å²) in [4.78, 5) is 15.9. The third kappa shape index (κ3) is 2.97. The van der Waals surface area contributed by atoms with Crippen LogP contribution in [0.4, 0.5) is 0 Å². The van der Waals surface area contributed by atoms with Gasteiger partial charge in [-0.25, -0.2) is 9.78 Å². The zero-order chi connectivity index (χ0) is 15.0. The average molecular weight is 303 g/mol. The Bertz CT molecular complexity index is 848. The molecule has 2 aromatic heterocycles. The molecule has 0 fully saturated rings. The molecular weight excluding hydrogens is 286 g/mol. The van der Waals surface area contributed by atoms with E-state index in [0.717, 1.165) is 28.6 Å². The summed E-state index contributed by atoms with van der Waals surface area (Å²) in [5.74, 6) is 1.65. The topological polar surface area (TPSA) is 56.2 Å². The molecule has 2 heterocycles. The third-order valence-electron chi connectivity index (χ3n) is 3.36. The van der Waals surface area contributed by atoms with Crippen LogP contribution in [0.15, 0.2) is 37.1 Å². The van der Waals surface area contributed by atoms with Crippen molar-refractivity contribution in [1.82, 2.24) is 4.98 Å². The van der Waals surface area contributed by atoms with Gasteiger partial charge in [0.15, 0.2) is 5.58 Å². The Kier molecular flexibility index (Phi) is 3.76. The van der Waals surface area contributed by atoms with Gasteiger partial charge in [0.25, 0.3) is 5.22 Å². The second kappa shape index (κ2) is 5.56. The van der Waals surface area contributed by atoms with Gasteiger partial charge < -0.3 is 8.83 Å². The predicted molar refractivity (Wildman–Crippen MR) is 85.0 cm³/mol. The molecule has 110 valence electrons. The molecule has 0 N–H and O–H groups in total. The Balaban J connectivity index is 1.99. The second-order valence-electron chi connectivity index (χ2n) is 5.58. The minimum atomic E-state index is -0.342. The van der Waals surface area contributed by atoms with Crippen LogP contribution in [-0.4, -0.2) is 10.7 Å². The van der Waals surface area contributed by atoms with E-state index in [-0.39, 0.29) is 5.63 Å². The molecule has 4 nitrogen and oxygen atoms in total. The maximum absolute atomic E-state index is 11.4. The molecule has 0 radical (unpaired) electrons. The van der Waals surface area contributed by atoms with Crippen LogP contribution < -0.4 is 5.63 Å². The normalized spacial score (nSPS) is 11.8. The second-order valence-corrected chi connectivity index (χ2v) is 6.62. The highest BCUT2D eigenvalue weighted by atomic mass is 32.2. The minimum absolute atomic E-state index is 0.342. The van der Waals surface area contributed by atoms with Crippen molar-refractivity contribution in [1.29, 1.82) is 0 Å². The number of hydrogen-bond donors (Lipinski definition) is 0. The fourth-order valence-corrected chi connectivity index (χ4v) is 3.24. The minimum Gasteiger partial charge on any atom is -0.431 e. The van der Waals surface area contributed by atoms with Crippen molar-refractivity contribution >= 4 is 33.8 Å². The van der Waals surface area contributed by atoms with Gasteiger partial charge in [-0.3, -0.25) is 0 Å². The monoisotopic (exact) mass is 303 g/mol. The lowest BCUT2D eigenvalue weighted by Gasteiger charge is -2.00. The lowest BCUT2D eigenvalue weighted by Crippen LogP contribution is -1.97. The molecule has 0 amide bonds. The van der Waals surface area contributed by atoms with Crippen molar-refractivity contribution in [2.75, 3.05) is 5.75 Å². The maximum atomic E-state index is 11.4. The van der Waals surface area contributed by atoms with Crippen LogP contribution in [0.5, 0.6) is 0 Å². The summed E-state index contributed by atoms with van der Waals surface area (Å²) in [6.45, 7) is 6.29. The molecule has 0 aliphatic carbocycles. The van der Waals surface area contributed by atoms with E-state index in [0.29, 0.717) is 22.3 Å². The summed E-state index contributed by atoms with van der Waals surface area (Å²) in [7, 11) is 0. The fourth-order valence-electron chi connectivity index (χ4n) is 2.16. The molecule has 3 aromatic rings. The van der Waals surface area contributed by atoms with Gasteiger partial charge in [0, 0.05) is 23.3 Å². The molecule has 21 heavy (non-hydrogen) atoms. The van der Waals surface area contributed by atoms with Crippen molar-refractivity contribution in [3.8, 4) is 0 Å². The number of rotatable bonds is 4. The lowest BCUT2D eigenvalue weighted by atomic mass is 10.1. The van der Waals surface area contributed by atoms with Gasteiger partial charge in [-0.1, -0.05) is 25.6 Å². The van der Waals surface area contributed by atoms with Crippen LogP contribution in [0.3, 0.4) is 0 Å². The van der Waals surface area contributed by atoms with E-state index in [2.05, 4.69) is 18.8 Å². The van der Waals surface area contributed by atoms with Crippen LogP contribution in [0.25, 0.3) is 22.1 Å². The summed E-state index contributed by atoms with van der Waals surface area (Å²) in [6.07, 6.45) is 1.12. The number of hydrogen-bond acceptors (Lipinski definition) is 5. The summed E-state index contributed by atoms with van der Waals surface area (Å²) in [6, 6.07) is 5.16. The van der Waals surface area contributed by atoms with Crippen molar-refractivity contribution in [2.24, 2.45) is 5.92 Å². The molecular formula is C16H17NO3S. The maximum Gasteiger partial charge on any atom is 0.336 e. The number of nitrogens with zero attached hydrogens (tertiary/aromatic N) is 1. The number of aromatic nitrogens is 1. The van der Waals surface area contributed by atoms with Crippen LogP contribution in [-0.2, 0) is 0 Å². The first kappa shape index (κ1) is 14.2. The molecule has 0 aliphatic rings. The Hall–Kier alpha value is -1.75. The van der Waals surface area contributed by atoms with Gasteiger partial charge in [0.2, 0.25) is 0 Å².